The van der Waals surface area contributed by atoms with Gasteiger partial charge < -0.3 is 10.1 Å². The predicted molar refractivity (Wildman–Crippen MR) is 105 cm³/mol. The van der Waals surface area contributed by atoms with Crippen molar-refractivity contribution in [3.8, 4) is 5.69 Å². The van der Waals surface area contributed by atoms with Gasteiger partial charge >= 0.3 is 5.97 Å². The van der Waals surface area contributed by atoms with Crippen LogP contribution in [0.3, 0.4) is 0 Å². The summed E-state index contributed by atoms with van der Waals surface area (Å²) in [5, 5.41) is 9.66. The zero-order chi connectivity index (χ0) is 19.6. The minimum Gasteiger partial charge on any atom is -0.461 e. The largest absolute Gasteiger partial charge is 0.461 e. The Balaban J connectivity index is 2.27. The van der Waals surface area contributed by atoms with Crippen molar-refractivity contribution in [2.24, 2.45) is 5.92 Å². The van der Waals surface area contributed by atoms with E-state index in [-0.39, 0.29) is 29.5 Å². The molecule has 3 rings (SSSR count). The molecule has 0 saturated heterocycles. The normalized spacial score (nSPS) is 11.0. The number of aromatic nitrogens is 2. The summed E-state index contributed by atoms with van der Waals surface area (Å²) in [6.45, 7) is 5.41. The molecule has 0 atom stereocenters. The second-order valence-electron chi connectivity index (χ2n) is 6.12. The fraction of sp³-hybridized carbons (Fsp3) is 0.263. The highest BCUT2D eigenvalue weighted by Crippen LogP contribution is 2.31. The van der Waals surface area contributed by atoms with Gasteiger partial charge in [-0.3, -0.25) is 9.59 Å². The van der Waals surface area contributed by atoms with Gasteiger partial charge in [-0.2, -0.15) is 9.78 Å². The topological polar surface area (TPSA) is 90.3 Å². The number of benzene rings is 1. The summed E-state index contributed by atoms with van der Waals surface area (Å²) in [5.74, 6) is -1.07. The van der Waals surface area contributed by atoms with Crippen LogP contribution in [-0.2, 0) is 9.53 Å². The summed E-state index contributed by atoms with van der Waals surface area (Å²) >= 11 is 1.18. The zero-order valence-corrected chi connectivity index (χ0v) is 16.0. The lowest BCUT2D eigenvalue weighted by Crippen LogP contribution is -2.26. The number of rotatable bonds is 5. The number of nitrogens with zero attached hydrogens (tertiary/aromatic N) is 2. The van der Waals surface area contributed by atoms with E-state index in [2.05, 4.69) is 10.4 Å². The van der Waals surface area contributed by atoms with Crippen molar-refractivity contribution in [3.63, 3.8) is 0 Å². The average Bonchev–Trinajstić information content (AvgIpc) is 3.07. The molecule has 27 heavy (non-hydrogen) atoms. The molecule has 2 heterocycles. The Labute approximate surface area is 159 Å². The lowest BCUT2D eigenvalue weighted by molar-refractivity contribution is -0.118. The van der Waals surface area contributed by atoms with E-state index in [1.807, 2.05) is 6.07 Å². The standard InChI is InChI=1S/C19H19N3O4S/c1-4-26-19(25)15-13-10-27-17(20-16(23)11(2)3)14(13)18(24)22(21-15)12-8-6-5-7-9-12/h5-11H,4H2,1-3H3,(H,20,23). The van der Waals surface area contributed by atoms with Crippen LogP contribution in [0.1, 0.15) is 31.3 Å². The number of para-hydroxylation sites is 1. The lowest BCUT2D eigenvalue weighted by atomic mass is 10.2. The number of carbonyl (C=O) groups is 2. The number of amides is 1. The van der Waals surface area contributed by atoms with Crippen LogP contribution >= 0.6 is 11.3 Å². The van der Waals surface area contributed by atoms with Crippen molar-refractivity contribution in [2.45, 2.75) is 20.8 Å². The number of carbonyl (C=O) groups excluding carboxylic acids is 2. The molecule has 8 heteroatoms. The van der Waals surface area contributed by atoms with Crippen molar-refractivity contribution in [2.75, 3.05) is 11.9 Å². The smallest absolute Gasteiger partial charge is 0.359 e. The van der Waals surface area contributed by atoms with E-state index in [1.54, 1.807) is 50.4 Å². The average molecular weight is 385 g/mol. The summed E-state index contributed by atoms with van der Waals surface area (Å²) in [6, 6.07) is 8.79. The molecule has 0 aliphatic carbocycles. The number of hydrogen-bond donors (Lipinski definition) is 1. The Hall–Kier alpha value is -3.00. The van der Waals surface area contributed by atoms with Crippen molar-refractivity contribution in [3.05, 3.63) is 51.8 Å². The van der Waals surface area contributed by atoms with Gasteiger partial charge in [-0.25, -0.2) is 4.79 Å². The van der Waals surface area contributed by atoms with Gasteiger partial charge in [-0.15, -0.1) is 11.3 Å². The SMILES string of the molecule is CCOC(=O)c1nn(-c2ccccc2)c(=O)c2c(NC(=O)C(C)C)scc12. The molecule has 0 aliphatic heterocycles. The third kappa shape index (κ3) is 3.61. The fourth-order valence-electron chi connectivity index (χ4n) is 2.49. The molecule has 0 unspecified atom stereocenters. The maximum absolute atomic E-state index is 13.1. The van der Waals surface area contributed by atoms with Crippen molar-refractivity contribution in [1.29, 1.82) is 0 Å². The molecule has 0 saturated carbocycles. The Morgan fingerprint density at radius 1 is 1.26 bits per heavy atom. The number of fused-ring (bicyclic) bond motifs is 1. The molecular formula is C19H19N3O4S. The van der Waals surface area contributed by atoms with Crippen LogP contribution in [0.2, 0.25) is 0 Å². The van der Waals surface area contributed by atoms with Crippen molar-refractivity contribution < 1.29 is 14.3 Å². The second-order valence-corrected chi connectivity index (χ2v) is 7.00. The number of nitrogens with one attached hydrogen (secondary N) is 1. The molecule has 7 nitrogen and oxygen atoms in total. The quantitative estimate of drug-likeness (QED) is 0.681. The van der Waals surface area contributed by atoms with Crippen LogP contribution in [0.4, 0.5) is 5.00 Å². The maximum atomic E-state index is 13.1. The molecule has 1 amide bonds. The third-order valence-corrected chi connectivity index (χ3v) is 4.78. The molecule has 0 bridgehead atoms. The molecule has 0 radical (unpaired) electrons. The minimum absolute atomic E-state index is 0.0385. The van der Waals surface area contributed by atoms with E-state index in [9.17, 15) is 14.4 Å². The van der Waals surface area contributed by atoms with Crippen molar-refractivity contribution in [1.82, 2.24) is 9.78 Å². The van der Waals surface area contributed by atoms with E-state index < -0.39 is 11.5 Å². The summed E-state index contributed by atoms with van der Waals surface area (Å²) in [6.07, 6.45) is 0. The first-order chi connectivity index (χ1) is 12.9. The number of esters is 1. The molecule has 3 aromatic rings. The summed E-state index contributed by atoms with van der Waals surface area (Å²) in [7, 11) is 0. The van der Waals surface area contributed by atoms with Gasteiger partial charge in [0.2, 0.25) is 5.91 Å². The van der Waals surface area contributed by atoms with Gasteiger partial charge in [0.1, 0.15) is 5.00 Å². The van der Waals surface area contributed by atoms with E-state index in [0.29, 0.717) is 16.1 Å². The Bertz CT molecular complexity index is 1050. The maximum Gasteiger partial charge on any atom is 0.359 e. The summed E-state index contributed by atoms with van der Waals surface area (Å²) in [5.41, 5.74) is 0.142. The van der Waals surface area contributed by atoms with E-state index in [1.165, 1.54) is 11.3 Å². The molecule has 1 aromatic carbocycles. The number of thiophene rings is 1. The Kier molecular flexibility index (Phi) is 5.36. The molecule has 0 spiro atoms. The molecule has 0 aliphatic rings. The van der Waals surface area contributed by atoms with Crippen LogP contribution < -0.4 is 10.9 Å². The third-order valence-electron chi connectivity index (χ3n) is 3.88. The fourth-order valence-corrected chi connectivity index (χ4v) is 3.43. The van der Waals surface area contributed by atoms with Gasteiger partial charge in [0.15, 0.2) is 5.69 Å². The molecule has 2 aromatic heterocycles. The zero-order valence-electron chi connectivity index (χ0n) is 15.2. The van der Waals surface area contributed by atoms with Crippen LogP contribution in [-0.4, -0.2) is 28.3 Å². The minimum atomic E-state index is -0.619. The highest BCUT2D eigenvalue weighted by Gasteiger charge is 2.23. The van der Waals surface area contributed by atoms with Gasteiger partial charge in [-0.05, 0) is 19.1 Å². The first-order valence-corrected chi connectivity index (χ1v) is 9.40. The van der Waals surface area contributed by atoms with E-state index in [4.69, 9.17) is 4.74 Å². The van der Waals surface area contributed by atoms with Gasteiger partial charge in [0.25, 0.3) is 5.56 Å². The molecule has 1 N–H and O–H groups in total. The van der Waals surface area contributed by atoms with Crippen molar-refractivity contribution >= 4 is 39.0 Å². The second kappa shape index (κ2) is 7.71. The summed E-state index contributed by atoms with van der Waals surface area (Å²) < 4.78 is 6.25. The molecular weight excluding hydrogens is 366 g/mol. The Morgan fingerprint density at radius 3 is 2.59 bits per heavy atom. The van der Waals surface area contributed by atoms with Gasteiger partial charge in [0.05, 0.1) is 17.7 Å². The van der Waals surface area contributed by atoms with Crippen LogP contribution in [0, 0.1) is 5.92 Å². The molecule has 0 fully saturated rings. The summed E-state index contributed by atoms with van der Waals surface area (Å²) in [4.78, 5) is 37.6. The number of hydrogen-bond acceptors (Lipinski definition) is 6. The molecule has 140 valence electrons. The number of ether oxygens (including phenoxy) is 1. The number of anilines is 1. The Morgan fingerprint density at radius 2 is 1.96 bits per heavy atom. The van der Waals surface area contributed by atoms with Gasteiger partial charge in [0, 0.05) is 16.7 Å². The monoisotopic (exact) mass is 385 g/mol. The van der Waals surface area contributed by atoms with E-state index in [0.717, 1.165) is 4.68 Å². The first kappa shape index (κ1) is 18.8. The first-order valence-electron chi connectivity index (χ1n) is 8.52. The predicted octanol–water partition coefficient (Wildman–Crippen LogP) is 3.22. The highest BCUT2D eigenvalue weighted by atomic mass is 32.1. The van der Waals surface area contributed by atoms with Crippen LogP contribution in [0.15, 0.2) is 40.5 Å². The highest BCUT2D eigenvalue weighted by molar-refractivity contribution is 7.16. The van der Waals surface area contributed by atoms with E-state index >= 15 is 0 Å². The van der Waals surface area contributed by atoms with Crippen LogP contribution in [0.5, 0.6) is 0 Å². The van der Waals surface area contributed by atoms with Gasteiger partial charge in [-0.1, -0.05) is 32.0 Å². The lowest BCUT2D eigenvalue weighted by Gasteiger charge is -2.10. The van der Waals surface area contributed by atoms with Crippen LogP contribution in [0.25, 0.3) is 16.5 Å².